The van der Waals surface area contributed by atoms with Crippen LogP contribution >= 0.6 is 0 Å². The second-order valence-electron chi connectivity index (χ2n) is 6.42. The van der Waals surface area contributed by atoms with E-state index in [9.17, 15) is 9.59 Å². The van der Waals surface area contributed by atoms with Crippen LogP contribution in [0.25, 0.3) is 0 Å². The zero-order valence-electron chi connectivity index (χ0n) is 14.6. The molecule has 1 aliphatic rings. The predicted molar refractivity (Wildman–Crippen MR) is 94.2 cm³/mol. The Bertz CT molecular complexity index is 553. The van der Waals surface area contributed by atoms with Crippen LogP contribution in [0.3, 0.4) is 0 Å². The molecule has 0 unspecified atom stereocenters. The van der Waals surface area contributed by atoms with Crippen molar-refractivity contribution in [2.75, 3.05) is 13.2 Å². The van der Waals surface area contributed by atoms with Gasteiger partial charge in [0.25, 0.3) is 11.8 Å². The molecular formula is C19H28N2O3. The van der Waals surface area contributed by atoms with Gasteiger partial charge in [-0.2, -0.15) is 0 Å². The number of carbonyl (C=O) groups is 2. The van der Waals surface area contributed by atoms with Gasteiger partial charge in [-0.05, 0) is 57.2 Å². The summed E-state index contributed by atoms with van der Waals surface area (Å²) >= 11 is 0. The SMILES string of the molecule is CCCNC(=O)c1cccc(C(=O)N[C@@H](C)CC[C@@H]2CCCO2)c1. The fraction of sp³-hybridized carbons (Fsp3) is 0.579. The molecule has 0 aromatic heterocycles. The van der Waals surface area contributed by atoms with Gasteiger partial charge in [0.05, 0.1) is 6.10 Å². The van der Waals surface area contributed by atoms with Crippen LogP contribution in [-0.2, 0) is 4.74 Å². The highest BCUT2D eigenvalue weighted by atomic mass is 16.5. The Morgan fingerprint density at radius 1 is 1.29 bits per heavy atom. The molecule has 1 aromatic carbocycles. The molecule has 0 bridgehead atoms. The average molecular weight is 332 g/mol. The molecule has 1 aliphatic heterocycles. The fourth-order valence-electron chi connectivity index (χ4n) is 2.83. The lowest BCUT2D eigenvalue weighted by molar-refractivity contribution is 0.0899. The van der Waals surface area contributed by atoms with Crippen LogP contribution in [0, 0.1) is 0 Å². The van der Waals surface area contributed by atoms with E-state index in [0.29, 0.717) is 23.8 Å². The number of amides is 2. The summed E-state index contributed by atoms with van der Waals surface area (Å²) in [6.45, 7) is 5.50. The van der Waals surface area contributed by atoms with Crippen molar-refractivity contribution in [2.24, 2.45) is 0 Å². The lowest BCUT2D eigenvalue weighted by Gasteiger charge is -2.16. The first kappa shape index (κ1) is 18.5. The van der Waals surface area contributed by atoms with E-state index in [4.69, 9.17) is 4.74 Å². The molecule has 1 fully saturated rings. The molecule has 2 N–H and O–H groups in total. The Labute approximate surface area is 144 Å². The molecule has 1 heterocycles. The van der Waals surface area contributed by atoms with E-state index < -0.39 is 0 Å². The van der Waals surface area contributed by atoms with E-state index >= 15 is 0 Å². The van der Waals surface area contributed by atoms with Crippen LogP contribution in [0.15, 0.2) is 24.3 Å². The summed E-state index contributed by atoms with van der Waals surface area (Å²) in [5, 5.41) is 5.83. The summed E-state index contributed by atoms with van der Waals surface area (Å²) in [5.74, 6) is -0.280. The molecule has 24 heavy (non-hydrogen) atoms. The zero-order chi connectivity index (χ0) is 17.4. The highest BCUT2D eigenvalue weighted by Crippen LogP contribution is 2.17. The van der Waals surface area contributed by atoms with Crippen LogP contribution < -0.4 is 10.6 Å². The van der Waals surface area contributed by atoms with Crippen molar-refractivity contribution in [3.63, 3.8) is 0 Å². The van der Waals surface area contributed by atoms with Crippen molar-refractivity contribution < 1.29 is 14.3 Å². The summed E-state index contributed by atoms with van der Waals surface area (Å²) in [5.41, 5.74) is 1.03. The van der Waals surface area contributed by atoms with Gasteiger partial charge < -0.3 is 15.4 Å². The minimum atomic E-state index is -0.141. The van der Waals surface area contributed by atoms with Gasteiger partial charge in [-0.3, -0.25) is 9.59 Å². The third kappa shape index (κ3) is 5.64. The lowest BCUT2D eigenvalue weighted by Crippen LogP contribution is -2.33. The van der Waals surface area contributed by atoms with Gasteiger partial charge in [0, 0.05) is 30.3 Å². The molecule has 0 saturated carbocycles. The van der Waals surface area contributed by atoms with Crippen molar-refractivity contribution in [3.05, 3.63) is 35.4 Å². The minimum absolute atomic E-state index is 0.0827. The lowest BCUT2D eigenvalue weighted by atomic mass is 10.1. The Kier molecular flexibility index (Phi) is 7.25. The second-order valence-corrected chi connectivity index (χ2v) is 6.42. The molecule has 0 radical (unpaired) electrons. The number of rotatable bonds is 8. The third-order valence-corrected chi connectivity index (χ3v) is 4.25. The standard InChI is InChI=1S/C19H28N2O3/c1-3-11-20-18(22)15-6-4-7-16(13-15)19(23)21-14(2)9-10-17-8-5-12-24-17/h4,6-7,13-14,17H,3,5,8-12H2,1-2H3,(H,20,22)(H,21,23)/t14-,17-/m0/s1. The molecule has 2 amide bonds. The quantitative estimate of drug-likeness (QED) is 0.769. The summed E-state index contributed by atoms with van der Waals surface area (Å²) in [6, 6.07) is 6.93. The largest absolute Gasteiger partial charge is 0.378 e. The van der Waals surface area contributed by atoms with Gasteiger partial charge in [-0.15, -0.1) is 0 Å². The molecule has 0 spiro atoms. The molecule has 0 aliphatic carbocycles. The summed E-state index contributed by atoms with van der Waals surface area (Å²) in [6.07, 6.45) is 5.35. The maximum atomic E-state index is 12.4. The Balaban J connectivity index is 1.85. The molecule has 2 rings (SSSR count). The fourth-order valence-corrected chi connectivity index (χ4v) is 2.83. The molecule has 1 saturated heterocycles. The number of benzene rings is 1. The van der Waals surface area contributed by atoms with E-state index in [2.05, 4.69) is 10.6 Å². The molecule has 2 atom stereocenters. The van der Waals surface area contributed by atoms with Gasteiger partial charge in [0.2, 0.25) is 0 Å². The highest BCUT2D eigenvalue weighted by Gasteiger charge is 2.18. The first-order valence-electron chi connectivity index (χ1n) is 8.91. The van der Waals surface area contributed by atoms with Gasteiger partial charge in [-0.25, -0.2) is 0 Å². The topological polar surface area (TPSA) is 67.4 Å². The summed E-state index contributed by atoms with van der Waals surface area (Å²) < 4.78 is 5.61. The van der Waals surface area contributed by atoms with Gasteiger partial charge >= 0.3 is 0 Å². The second kappa shape index (κ2) is 9.42. The minimum Gasteiger partial charge on any atom is -0.378 e. The number of carbonyl (C=O) groups excluding carboxylic acids is 2. The van der Waals surface area contributed by atoms with Crippen molar-refractivity contribution in [1.82, 2.24) is 10.6 Å². The summed E-state index contributed by atoms with van der Waals surface area (Å²) in [4.78, 5) is 24.4. The predicted octanol–water partition coefficient (Wildman–Crippen LogP) is 2.90. The van der Waals surface area contributed by atoms with E-state index in [1.54, 1.807) is 24.3 Å². The van der Waals surface area contributed by atoms with Crippen LogP contribution in [-0.4, -0.2) is 37.1 Å². The van der Waals surface area contributed by atoms with Crippen LogP contribution in [0.4, 0.5) is 0 Å². The maximum absolute atomic E-state index is 12.4. The number of hydrogen-bond donors (Lipinski definition) is 2. The number of hydrogen-bond acceptors (Lipinski definition) is 3. The number of ether oxygens (including phenoxy) is 1. The molecular weight excluding hydrogens is 304 g/mol. The monoisotopic (exact) mass is 332 g/mol. The van der Waals surface area contributed by atoms with Crippen LogP contribution in [0.5, 0.6) is 0 Å². The van der Waals surface area contributed by atoms with Gasteiger partial charge in [0.15, 0.2) is 0 Å². The molecule has 5 heteroatoms. The van der Waals surface area contributed by atoms with Crippen molar-refractivity contribution in [3.8, 4) is 0 Å². The molecule has 132 valence electrons. The zero-order valence-corrected chi connectivity index (χ0v) is 14.6. The molecule has 1 aromatic rings. The van der Waals surface area contributed by atoms with E-state index in [1.807, 2.05) is 13.8 Å². The van der Waals surface area contributed by atoms with E-state index in [-0.39, 0.29) is 17.9 Å². The third-order valence-electron chi connectivity index (χ3n) is 4.25. The smallest absolute Gasteiger partial charge is 0.251 e. The Morgan fingerprint density at radius 3 is 2.71 bits per heavy atom. The average Bonchev–Trinajstić information content (AvgIpc) is 3.11. The van der Waals surface area contributed by atoms with E-state index in [1.165, 1.54) is 0 Å². The Hall–Kier alpha value is -1.88. The summed E-state index contributed by atoms with van der Waals surface area (Å²) in [7, 11) is 0. The maximum Gasteiger partial charge on any atom is 0.251 e. The Morgan fingerprint density at radius 2 is 2.04 bits per heavy atom. The van der Waals surface area contributed by atoms with Crippen LogP contribution in [0.2, 0.25) is 0 Å². The van der Waals surface area contributed by atoms with Crippen molar-refractivity contribution in [1.29, 1.82) is 0 Å². The number of nitrogens with one attached hydrogen (secondary N) is 2. The normalized spacial score (nSPS) is 18.2. The molecule has 5 nitrogen and oxygen atoms in total. The van der Waals surface area contributed by atoms with Gasteiger partial charge in [0.1, 0.15) is 0 Å². The highest BCUT2D eigenvalue weighted by molar-refractivity contribution is 5.99. The van der Waals surface area contributed by atoms with Gasteiger partial charge in [-0.1, -0.05) is 13.0 Å². The van der Waals surface area contributed by atoms with Crippen molar-refractivity contribution in [2.45, 2.75) is 58.1 Å². The van der Waals surface area contributed by atoms with Crippen molar-refractivity contribution >= 4 is 11.8 Å². The first-order chi connectivity index (χ1) is 11.6. The first-order valence-corrected chi connectivity index (χ1v) is 8.91. The van der Waals surface area contributed by atoms with Crippen LogP contribution in [0.1, 0.15) is 66.7 Å². The van der Waals surface area contributed by atoms with E-state index in [0.717, 1.165) is 38.7 Å².